The van der Waals surface area contributed by atoms with Crippen LogP contribution in [0.1, 0.15) is 45.4 Å². The molecule has 2 aromatic rings. The second-order valence-corrected chi connectivity index (χ2v) is 6.08. The zero-order valence-electron chi connectivity index (χ0n) is 13.0. The SMILES string of the molecule is CCC(C)NC(=O)C(C)(C)c1c(C)[nH]c2ccccc12. The maximum Gasteiger partial charge on any atom is 0.230 e. The van der Waals surface area contributed by atoms with Gasteiger partial charge in [0, 0.05) is 22.6 Å². The van der Waals surface area contributed by atoms with Crippen molar-refractivity contribution in [3.05, 3.63) is 35.5 Å². The molecule has 0 bridgehead atoms. The monoisotopic (exact) mass is 272 g/mol. The van der Waals surface area contributed by atoms with Crippen molar-refractivity contribution in [2.45, 2.75) is 52.5 Å². The molecule has 0 saturated heterocycles. The summed E-state index contributed by atoms with van der Waals surface area (Å²) in [5, 5.41) is 4.23. The molecule has 0 aliphatic rings. The van der Waals surface area contributed by atoms with E-state index in [0.717, 1.165) is 28.6 Å². The molecule has 2 rings (SSSR count). The highest BCUT2D eigenvalue weighted by molar-refractivity contribution is 5.95. The predicted octanol–water partition coefficient (Wildman–Crippen LogP) is 3.67. The molecule has 2 N–H and O–H groups in total. The second kappa shape index (κ2) is 5.31. The topological polar surface area (TPSA) is 44.9 Å². The first-order valence-corrected chi connectivity index (χ1v) is 7.26. The smallest absolute Gasteiger partial charge is 0.230 e. The van der Waals surface area contributed by atoms with E-state index < -0.39 is 5.41 Å². The van der Waals surface area contributed by atoms with Crippen LogP contribution in [-0.4, -0.2) is 16.9 Å². The number of aryl methyl sites for hydroxylation is 1. The van der Waals surface area contributed by atoms with Crippen molar-refractivity contribution < 1.29 is 4.79 Å². The molecule has 0 aliphatic heterocycles. The summed E-state index contributed by atoms with van der Waals surface area (Å²) < 4.78 is 0. The standard InChI is InChI=1S/C17H24N2O/c1-6-11(2)18-16(20)17(4,5)15-12(3)19-14-10-8-7-9-13(14)15/h7-11,19H,6H2,1-5H3,(H,18,20). The molecule has 1 amide bonds. The third-order valence-corrected chi connectivity index (χ3v) is 4.08. The molecular weight excluding hydrogens is 248 g/mol. The Morgan fingerprint density at radius 1 is 1.35 bits per heavy atom. The zero-order chi connectivity index (χ0) is 14.9. The average molecular weight is 272 g/mol. The number of hydrogen-bond donors (Lipinski definition) is 2. The summed E-state index contributed by atoms with van der Waals surface area (Å²) in [5.74, 6) is 0.0831. The van der Waals surface area contributed by atoms with Gasteiger partial charge in [-0.15, -0.1) is 0 Å². The highest BCUT2D eigenvalue weighted by Gasteiger charge is 2.34. The molecule has 108 valence electrons. The Balaban J connectivity index is 2.46. The van der Waals surface area contributed by atoms with Gasteiger partial charge in [-0.2, -0.15) is 0 Å². The van der Waals surface area contributed by atoms with Crippen LogP contribution < -0.4 is 5.32 Å². The minimum atomic E-state index is -0.548. The minimum Gasteiger partial charge on any atom is -0.358 e. The zero-order valence-corrected chi connectivity index (χ0v) is 13.0. The van der Waals surface area contributed by atoms with E-state index in [4.69, 9.17) is 0 Å². The molecule has 1 unspecified atom stereocenters. The number of nitrogens with one attached hydrogen (secondary N) is 2. The van der Waals surface area contributed by atoms with Gasteiger partial charge in [0.15, 0.2) is 0 Å². The van der Waals surface area contributed by atoms with E-state index in [-0.39, 0.29) is 11.9 Å². The highest BCUT2D eigenvalue weighted by atomic mass is 16.2. The van der Waals surface area contributed by atoms with Gasteiger partial charge in [0.25, 0.3) is 0 Å². The van der Waals surface area contributed by atoms with Gasteiger partial charge in [-0.25, -0.2) is 0 Å². The first-order chi connectivity index (χ1) is 9.37. The molecule has 3 heteroatoms. The molecule has 1 aromatic carbocycles. The van der Waals surface area contributed by atoms with E-state index in [1.54, 1.807) is 0 Å². The Hall–Kier alpha value is -1.77. The van der Waals surface area contributed by atoms with Gasteiger partial charge in [-0.1, -0.05) is 25.1 Å². The van der Waals surface area contributed by atoms with E-state index in [1.807, 2.05) is 39.8 Å². The Morgan fingerprint density at radius 3 is 2.65 bits per heavy atom. The Morgan fingerprint density at radius 2 is 2.00 bits per heavy atom. The van der Waals surface area contributed by atoms with Crippen LogP contribution >= 0.6 is 0 Å². The maximum atomic E-state index is 12.6. The number of carbonyl (C=O) groups excluding carboxylic acids is 1. The van der Waals surface area contributed by atoms with Crippen molar-refractivity contribution in [3.63, 3.8) is 0 Å². The van der Waals surface area contributed by atoms with Crippen molar-refractivity contribution in [3.8, 4) is 0 Å². The largest absolute Gasteiger partial charge is 0.358 e. The third kappa shape index (κ3) is 2.45. The first kappa shape index (κ1) is 14.6. The van der Waals surface area contributed by atoms with Crippen LogP contribution in [0.4, 0.5) is 0 Å². The summed E-state index contributed by atoms with van der Waals surface area (Å²) in [6, 6.07) is 8.35. The van der Waals surface area contributed by atoms with Crippen molar-refractivity contribution in [2.75, 3.05) is 0 Å². The third-order valence-electron chi connectivity index (χ3n) is 4.08. The summed E-state index contributed by atoms with van der Waals surface area (Å²) in [5.41, 5.74) is 2.70. The Kier molecular flexibility index (Phi) is 3.89. The van der Waals surface area contributed by atoms with Gasteiger partial charge in [0.05, 0.1) is 5.41 Å². The molecular formula is C17H24N2O. The predicted molar refractivity (Wildman–Crippen MR) is 84.0 cm³/mol. The molecule has 0 fully saturated rings. The van der Waals surface area contributed by atoms with Crippen molar-refractivity contribution in [1.82, 2.24) is 10.3 Å². The summed E-state index contributed by atoms with van der Waals surface area (Å²) in [6.45, 7) is 10.1. The van der Waals surface area contributed by atoms with Gasteiger partial charge in [0.2, 0.25) is 5.91 Å². The van der Waals surface area contributed by atoms with Crippen LogP contribution in [0, 0.1) is 6.92 Å². The number of fused-ring (bicyclic) bond motifs is 1. The number of benzene rings is 1. The lowest BCUT2D eigenvalue weighted by molar-refractivity contribution is -0.126. The molecule has 0 saturated carbocycles. The lowest BCUT2D eigenvalue weighted by Gasteiger charge is -2.26. The van der Waals surface area contributed by atoms with Crippen LogP contribution in [0.2, 0.25) is 0 Å². The number of para-hydroxylation sites is 1. The van der Waals surface area contributed by atoms with Gasteiger partial charge in [0.1, 0.15) is 0 Å². The highest BCUT2D eigenvalue weighted by Crippen LogP contribution is 2.33. The number of aromatic nitrogens is 1. The quantitative estimate of drug-likeness (QED) is 0.876. The normalized spacial score (nSPS) is 13.4. The van der Waals surface area contributed by atoms with E-state index in [0.29, 0.717) is 0 Å². The van der Waals surface area contributed by atoms with Crippen LogP contribution in [0.5, 0.6) is 0 Å². The van der Waals surface area contributed by atoms with Crippen LogP contribution in [0.15, 0.2) is 24.3 Å². The van der Waals surface area contributed by atoms with Gasteiger partial charge in [-0.05, 0) is 45.7 Å². The van der Waals surface area contributed by atoms with Crippen LogP contribution in [0.25, 0.3) is 10.9 Å². The summed E-state index contributed by atoms with van der Waals surface area (Å²) in [4.78, 5) is 16.0. The van der Waals surface area contributed by atoms with Crippen molar-refractivity contribution in [1.29, 1.82) is 0 Å². The molecule has 0 aliphatic carbocycles. The second-order valence-electron chi connectivity index (χ2n) is 6.08. The molecule has 1 heterocycles. The number of hydrogen-bond acceptors (Lipinski definition) is 1. The maximum absolute atomic E-state index is 12.6. The number of amides is 1. The van der Waals surface area contributed by atoms with E-state index >= 15 is 0 Å². The van der Waals surface area contributed by atoms with Gasteiger partial charge >= 0.3 is 0 Å². The van der Waals surface area contributed by atoms with Gasteiger partial charge in [-0.3, -0.25) is 4.79 Å². The van der Waals surface area contributed by atoms with Crippen LogP contribution in [0.3, 0.4) is 0 Å². The number of rotatable bonds is 4. The summed E-state index contributed by atoms with van der Waals surface area (Å²) >= 11 is 0. The molecule has 0 radical (unpaired) electrons. The van der Waals surface area contributed by atoms with Gasteiger partial charge < -0.3 is 10.3 Å². The van der Waals surface area contributed by atoms with E-state index in [1.165, 1.54) is 0 Å². The Bertz CT molecular complexity index is 625. The first-order valence-electron chi connectivity index (χ1n) is 7.26. The fourth-order valence-electron chi connectivity index (χ4n) is 2.70. The molecule has 0 spiro atoms. The summed E-state index contributed by atoms with van der Waals surface area (Å²) in [7, 11) is 0. The molecule has 1 aromatic heterocycles. The number of aromatic amines is 1. The van der Waals surface area contributed by atoms with Crippen molar-refractivity contribution in [2.24, 2.45) is 0 Å². The number of carbonyl (C=O) groups is 1. The molecule has 20 heavy (non-hydrogen) atoms. The number of H-pyrrole nitrogens is 1. The van der Waals surface area contributed by atoms with E-state index in [9.17, 15) is 4.79 Å². The molecule has 3 nitrogen and oxygen atoms in total. The minimum absolute atomic E-state index is 0.0831. The fourth-order valence-corrected chi connectivity index (χ4v) is 2.70. The molecule has 1 atom stereocenters. The lowest BCUT2D eigenvalue weighted by atomic mass is 9.81. The lowest BCUT2D eigenvalue weighted by Crippen LogP contribution is -2.44. The van der Waals surface area contributed by atoms with Crippen LogP contribution in [-0.2, 0) is 10.2 Å². The summed E-state index contributed by atoms with van der Waals surface area (Å²) in [6.07, 6.45) is 0.939. The van der Waals surface area contributed by atoms with Crippen molar-refractivity contribution >= 4 is 16.8 Å². The van der Waals surface area contributed by atoms with E-state index in [2.05, 4.69) is 29.4 Å². The average Bonchev–Trinajstić information content (AvgIpc) is 2.74. The Labute approximate surface area is 120 Å². The fraction of sp³-hybridized carbons (Fsp3) is 0.471.